The molecule has 1 saturated carbocycles. The van der Waals surface area contributed by atoms with Crippen LogP contribution in [-0.4, -0.2) is 15.6 Å². The van der Waals surface area contributed by atoms with Gasteiger partial charge >= 0.3 is 0 Å². The molecule has 0 aromatic carbocycles. The van der Waals surface area contributed by atoms with Crippen LogP contribution in [0.25, 0.3) is 0 Å². The summed E-state index contributed by atoms with van der Waals surface area (Å²) in [7, 11) is 0. The summed E-state index contributed by atoms with van der Waals surface area (Å²) in [5.41, 5.74) is 1.63. The van der Waals surface area contributed by atoms with E-state index in [0.717, 1.165) is 11.3 Å². The maximum atomic E-state index is 11.2. The van der Waals surface area contributed by atoms with Gasteiger partial charge in [-0.05, 0) is 33.1 Å². The molecule has 3 heteroatoms. The van der Waals surface area contributed by atoms with Crippen molar-refractivity contribution in [3.63, 3.8) is 0 Å². The van der Waals surface area contributed by atoms with Gasteiger partial charge in [-0.2, -0.15) is 5.10 Å². The Balaban J connectivity index is 2.28. The predicted octanol–water partition coefficient (Wildman–Crippen LogP) is 2.12. The molecule has 1 aliphatic carbocycles. The fourth-order valence-corrected chi connectivity index (χ4v) is 1.67. The van der Waals surface area contributed by atoms with Crippen LogP contribution < -0.4 is 0 Å². The van der Waals surface area contributed by atoms with Crippen molar-refractivity contribution in [2.24, 2.45) is 0 Å². The number of aryl methyl sites for hydroxylation is 1. The van der Waals surface area contributed by atoms with Crippen molar-refractivity contribution in [2.45, 2.75) is 39.2 Å². The zero-order valence-electron chi connectivity index (χ0n) is 8.08. The first kappa shape index (κ1) is 8.48. The normalized spacial score (nSPS) is 17.1. The van der Waals surface area contributed by atoms with Crippen LogP contribution in [0.4, 0.5) is 0 Å². The first-order valence-corrected chi connectivity index (χ1v) is 4.75. The third-order valence-corrected chi connectivity index (χ3v) is 2.74. The van der Waals surface area contributed by atoms with E-state index in [1.807, 2.05) is 17.8 Å². The molecule has 3 nitrogen and oxygen atoms in total. The topological polar surface area (TPSA) is 34.9 Å². The first-order valence-electron chi connectivity index (χ1n) is 4.75. The van der Waals surface area contributed by atoms with Gasteiger partial charge < -0.3 is 0 Å². The third kappa shape index (κ3) is 1.39. The number of aromatic nitrogens is 2. The van der Waals surface area contributed by atoms with Crippen molar-refractivity contribution in [3.8, 4) is 0 Å². The zero-order valence-corrected chi connectivity index (χ0v) is 8.08. The van der Waals surface area contributed by atoms with Gasteiger partial charge in [0.2, 0.25) is 0 Å². The van der Waals surface area contributed by atoms with Crippen molar-refractivity contribution in [3.05, 3.63) is 17.5 Å². The molecule has 0 spiro atoms. The minimum Gasteiger partial charge on any atom is -0.294 e. The molecule has 0 radical (unpaired) electrons. The van der Waals surface area contributed by atoms with E-state index in [1.165, 1.54) is 19.3 Å². The van der Waals surface area contributed by atoms with Gasteiger partial charge in [-0.1, -0.05) is 0 Å². The van der Waals surface area contributed by atoms with Crippen LogP contribution in [0.3, 0.4) is 0 Å². The van der Waals surface area contributed by atoms with Crippen LogP contribution in [0, 0.1) is 6.92 Å². The van der Waals surface area contributed by atoms with Crippen LogP contribution in [0.5, 0.6) is 0 Å². The number of carbonyl (C=O) groups excluding carboxylic acids is 1. The number of hydrogen-bond acceptors (Lipinski definition) is 2. The van der Waals surface area contributed by atoms with Gasteiger partial charge in [-0.3, -0.25) is 9.48 Å². The molecule has 1 aromatic heterocycles. The lowest BCUT2D eigenvalue weighted by molar-refractivity contribution is 0.101. The average Bonchev–Trinajstić information content (AvgIpc) is 2.27. The Morgan fingerprint density at radius 1 is 1.62 bits per heavy atom. The van der Waals surface area contributed by atoms with Gasteiger partial charge in [0, 0.05) is 6.20 Å². The van der Waals surface area contributed by atoms with Crippen molar-refractivity contribution < 1.29 is 4.79 Å². The molecule has 70 valence electrons. The SMILES string of the molecule is CC(=O)c1cn(C2CCC2)nc1C. The summed E-state index contributed by atoms with van der Waals surface area (Å²) < 4.78 is 1.95. The summed E-state index contributed by atoms with van der Waals surface area (Å²) in [6.07, 6.45) is 5.59. The molecule has 13 heavy (non-hydrogen) atoms. The Kier molecular flexibility index (Phi) is 1.94. The van der Waals surface area contributed by atoms with Gasteiger partial charge in [-0.25, -0.2) is 0 Å². The third-order valence-electron chi connectivity index (χ3n) is 2.74. The van der Waals surface area contributed by atoms with E-state index in [9.17, 15) is 4.79 Å². The number of rotatable bonds is 2. The predicted molar refractivity (Wildman–Crippen MR) is 49.9 cm³/mol. The van der Waals surface area contributed by atoms with Gasteiger partial charge in [-0.15, -0.1) is 0 Å². The summed E-state index contributed by atoms with van der Waals surface area (Å²) >= 11 is 0. The fraction of sp³-hybridized carbons (Fsp3) is 0.600. The number of carbonyl (C=O) groups is 1. The largest absolute Gasteiger partial charge is 0.294 e. The summed E-state index contributed by atoms with van der Waals surface area (Å²) in [6, 6.07) is 0.548. The van der Waals surface area contributed by atoms with Crippen LogP contribution in [0.1, 0.15) is 48.3 Å². The molecule has 2 rings (SSSR count). The smallest absolute Gasteiger partial charge is 0.163 e. The summed E-state index contributed by atoms with van der Waals surface area (Å²) in [4.78, 5) is 11.2. The highest BCUT2D eigenvalue weighted by molar-refractivity contribution is 5.94. The van der Waals surface area contributed by atoms with E-state index in [1.54, 1.807) is 6.92 Å². The fourth-order valence-electron chi connectivity index (χ4n) is 1.67. The molecule has 0 bridgehead atoms. The molecule has 1 aromatic rings. The van der Waals surface area contributed by atoms with E-state index in [0.29, 0.717) is 6.04 Å². The standard InChI is InChI=1S/C10H14N2O/c1-7-10(8(2)13)6-12(11-7)9-4-3-5-9/h6,9H,3-5H2,1-2H3. The molecule has 1 aliphatic rings. The van der Waals surface area contributed by atoms with Crippen LogP contribution in [-0.2, 0) is 0 Å². The quantitative estimate of drug-likeness (QED) is 0.650. The Morgan fingerprint density at radius 3 is 2.69 bits per heavy atom. The van der Waals surface area contributed by atoms with E-state index >= 15 is 0 Å². The molecule has 0 saturated heterocycles. The van der Waals surface area contributed by atoms with Gasteiger partial charge in [0.1, 0.15) is 0 Å². The maximum Gasteiger partial charge on any atom is 0.163 e. The Bertz CT molecular complexity index is 337. The van der Waals surface area contributed by atoms with E-state index in [2.05, 4.69) is 5.10 Å². The lowest BCUT2D eigenvalue weighted by atomic mass is 9.93. The number of Topliss-reactive ketones (excluding diaryl/α,β-unsaturated/α-hetero) is 1. The Labute approximate surface area is 77.7 Å². The molecule has 0 aliphatic heterocycles. The second-order valence-corrected chi connectivity index (χ2v) is 3.75. The van der Waals surface area contributed by atoms with E-state index in [-0.39, 0.29) is 5.78 Å². The molecule has 1 fully saturated rings. The monoisotopic (exact) mass is 178 g/mol. The average molecular weight is 178 g/mol. The minimum absolute atomic E-state index is 0.114. The molecule has 0 unspecified atom stereocenters. The van der Waals surface area contributed by atoms with E-state index in [4.69, 9.17) is 0 Å². The highest BCUT2D eigenvalue weighted by atomic mass is 16.1. The molecular weight excluding hydrogens is 164 g/mol. The maximum absolute atomic E-state index is 11.2. The Morgan fingerprint density at radius 2 is 2.31 bits per heavy atom. The second kappa shape index (κ2) is 2.98. The van der Waals surface area contributed by atoms with Crippen molar-refractivity contribution >= 4 is 5.78 Å². The lowest BCUT2D eigenvalue weighted by Gasteiger charge is -2.25. The van der Waals surface area contributed by atoms with Crippen molar-refractivity contribution in [2.75, 3.05) is 0 Å². The second-order valence-electron chi connectivity index (χ2n) is 3.75. The number of ketones is 1. The van der Waals surface area contributed by atoms with Gasteiger partial charge in [0.25, 0.3) is 0 Å². The summed E-state index contributed by atoms with van der Waals surface area (Å²) in [5.74, 6) is 0.114. The van der Waals surface area contributed by atoms with Gasteiger partial charge in [0.05, 0.1) is 17.3 Å². The first-order chi connectivity index (χ1) is 6.18. The molecule has 1 heterocycles. The molecule has 0 atom stereocenters. The van der Waals surface area contributed by atoms with Crippen LogP contribution in [0.2, 0.25) is 0 Å². The number of hydrogen-bond donors (Lipinski definition) is 0. The lowest BCUT2D eigenvalue weighted by Crippen LogP contribution is -2.17. The van der Waals surface area contributed by atoms with Crippen LogP contribution >= 0.6 is 0 Å². The van der Waals surface area contributed by atoms with Crippen LogP contribution in [0.15, 0.2) is 6.20 Å². The van der Waals surface area contributed by atoms with Crippen molar-refractivity contribution in [1.82, 2.24) is 9.78 Å². The van der Waals surface area contributed by atoms with Gasteiger partial charge in [0.15, 0.2) is 5.78 Å². The zero-order chi connectivity index (χ0) is 9.42. The van der Waals surface area contributed by atoms with Crippen molar-refractivity contribution in [1.29, 1.82) is 0 Å². The highest BCUT2D eigenvalue weighted by Gasteiger charge is 2.21. The summed E-state index contributed by atoms with van der Waals surface area (Å²) in [5, 5.41) is 4.35. The minimum atomic E-state index is 0.114. The Hall–Kier alpha value is -1.12. The highest BCUT2D eigenvalue weighted by Crippen LogP contribution is 2.31. The molecule has 0 N–H and O–H groups in total. The summed E-state index contributed by atoms with van der Waals surface area (Å²) in [6.45, 7) is 3.49. The molecule has 0 amide bonds. The number of nitrogens with zero attached hydrogens (tertiary/aromatic N) is 2. The molecular formula is C10H14N2O. The van der Waals surface area contributed by atoms with E-state index < -0.39 is 0 Å².